The van der Waals surface area contributed by atoms with Crippen molar-refractivity contribution < 1.29 is 0 Å². The minimum Gasteiger partial charge on any atom is -0.292 e. The summed E-state index contributed by atoms with van der Waals surface area (Å²) in [5.41, 5.74) is 0.785. The van der Waals surface area contributed by atoms with Gasteiger partial charge in [0, 0.05) is 6.20 Å². The lowest BCUT2D eigenvalue weighted by Crippen LogP contribution is -2.33. The summed E-state index contributed by atoms with van der Waals surface area (Å²) < 4.78 is 1.36. The van der Waals surface area contributed by atoms with E-state index in [1.165, 1.54) is 10.8 Å². The van der Waals surface area contributed by atoms with Gasteiger partial charge in [-0.15, -0.1) is 0 Å². The number of nitrogens with one attached hydrogen (secondary N) is 1. The Kier molecular flexibility index (Phi) is 3.34. The molecule has 5 heteroatoms. The van der Waals surface area contributed by atoms with Crippen molar-refractivity contribution in [2.45, 2.75) is 19.9 Å². The molecule has 0 amide bonds. The van der Waals surface area contributed by atoms with Crippen LogP contribution in [0.4, 0.5) is 0 Å². The van der Waals surface area contributed by atoms with Crippen molar-refractivity contribution in [3.63, 3.8) is 0 Å². The lowest BCUT2D eigenvalue weighted by Gasteiger charge is -2.17. The molecule has 0 bridgehead atoms. The summed E-state index contributed by atoms with van der Waals surface area (Å²) in [7, 11) is 0. The summed E-state index contributed by atoms with van der Waals surface area (Å²) in [5, 5.41) is 8.86. The summed E-state index contributed by atoms with van der Waals surface area (Å²) in [4.78, 5) is 25.3. The first-order valence-electron chi connectivity index (χ1n) is 5.85. The molecule has 19 heavy (non-hydrogen) atoms. The van der Waals surface area contributed by atoms with Crippen molar-refractivity contribution in [2.75, 3.05) is 0 Å². The van der Waals surface area contributed by atoms with Crippen LogP contribution in [0, 0.1) is 18.3 Å². The Bertz CT molecular complexity index is 765. The second-order valence-corrected chi connectivity index (χ2v) is 4.35. The van der Waals surface area contributed by atoms with Gasteiger partial charge in [0.25, 0.3) is 5.56 Å². The molecule has 1 unspecified atom stereocenters. The third-order valence-electron chi connectivity index (χ3n) is 3.14. The molecule has 0 spiro atoms. The predicted octanol–water partition coefficient (Wildman–Crippen LogP) is 1.33. The number of benzene rings is 1. The number of nitriles is 1. The summed E-state index contributed by atoms with van der Waals surface area (Å²) in [6.07, 6.45) is 1.30. The van der Waals surface area contributed by atoms with Crippen LogP contribution in [0.25, 0.3) is 0 Å². The predicted molar refractivity (Wildman–Crippen MR) is 71.0 cm³/mol. The molecule has 0 aliphatic carbocycles. The number of aryl methyl sites for hydroxylation is 1. The third kappa shape index (κ3) is 2.33. The van der Waals surface area contributed by atoms with Gasteiger partial charge in [0.05, 0.1) is 6.04 Å². The van der Waals surface area contributed by atoms with Crippen LogP contribution in [0.15, 0.2) is 40.1 Å². The molecule has 1 heterocycles. The average Bonchev–Trinajstić information content (AvgIpc) is 2.39. The molecule has 2 aromatic rings. The fourth-order valence-electron chi connectivity index (χ4n) is 2.06. The molecule has 0 saturated heterocycles. The van der Waals surface area contributed by atoms with E-state index in [1.54, 1.807) is 6.07 Å². The lowest BCUT2D eigenvalue weighted by molar-refractivity contribution is 0.590. The van der Waals surface area contributed by atoms with E-state index in [2.05, 4.69) is 4.98 Å². The highest BCUT2D eigenvalue weighted by Gasteiger charge is 2.13. The van der Waals surface area contributed by atoms with E-state index in [0.29, 0.717) is 0 Å². The van der Waals surface area contributed by atoms with Gasteiger partial charge in [-0.05, 0) is 25.0 Å². The first-order valence-corrected chi connectivity index (χ1v) is 5.85. The van der Waals surface area contributed by atoms with E-state index in [9.17, 15) is 9.59 Å². The Hall–Kier alpha value is -2.61. The Balaban J connectivity index is 2.60. The van der Waals surface area contributed by atoms with Gasteiger partial charge in [-0.2, -0.15) is 5.26 Å². The van der Waals surface area contributed by atoms with E-state index < -0.39 is 11.2 Å². The highest BCUT2D eigenvalue weighted by Crippen LogP contribution is 2.19. The monoisotopic (exact) mass is 255 g/mol. The summed E-state index contributed by atoms with van der Waals surface area (Å²) in [5.74, 6) is 0. The molecular formula is C14H13N3O2. The van der Waals surface area contributed by atoms with Gasteiger partial charge in [-0.25, -0.2) is 4.79 Å². The Labute approximate surface area is 109 Å². The third-order valence-corrected chi connectivity index (χ3v) is 3.14. The number of nitrogens with zero attached hydrogens (tertiary/aromatic N) is 2. The molecule has 1 N–H and O–H groups in total. The minimum absolute atomic E-state index is 0.0694. The molecule has 96 valence electrons. The normalized spacial score (nSPS) is 11.8. The molecule has 0 saturated carbocycles. The molecule has 5 nitrogen and oxygen atoms in total. The van der Waals surface area contributed by atoms with Crippen LogP contribution in [-0.4, -0.2) is 9.55 Å². The van der Waals surface area contributed by atoms with Crippen molar-refractivity contribution in [3.05, 3.63) is 68.0 Å². The maximum absolute atomic E-state index is 11.8. The van der Waals surface area contributed by atoms with Gasteiger partial charge in [0.1, 0.15) is 11.6 Å². The quantitative estimate of drug-likeness (QED) is 0.879. The fourth-order valence-corrected chi connectivity index (χ4v) is 2.06. The fraction of sp³-hybridized carbons (Fsp3) is 0.214. The first-order chi connectivity index (χ1) is 9.04. The van der Waals surface area contributed by atoms with E-state index in [-0.39, 0.29) is 11.6 Å². The SMILES string of the molecule is Cc1ccccc1C(C)n1cc(C#N)c(=O)[nH]c1=O. The highest BCUT2D eigenvalue weighted by atomic mass is 16.2. The van der Waals surface area contributed by atoms with Gasteiger partial charge >= 0.3 is 5.69 Å². The number of aromatic nitrogens is 2. The summed E-state index contributed by atoms with van der Waals surface area (Å²) >= 11 is 0. The van der Waals surface area contributed by atoms with E-state index in [1.807, 2.05) is 38.1 Å². The highest BCUT2D eigenvalue weighted by molar-refractivity contribution is 5.30. The van der Waals surface area contributed by atoms with Gasteiger partial charge in [0.15, 0.2) is 0 Å². The zero-order chi connectivity index (χ0) is 14.0. The van der Waals surface area contributed by atoms with Gasteiger partial charge in [0.2, 0.25) is 0 Å². The van der Waals surface area contributed by atoms with Crippen molar-refractivity contribution in [3.8, 4) is 6.07 Å². The Morgan fingerprint density at radius 2 is 2.00 bits per heavy atom. The van der Waals surface area contributed by atoms with Crippen LogP contribution in [0.5, 0.6) is 0 Å². The molecule has 2 rings (SSSR count). The van der Waals surface area contributed by atoms with Crippen LogP contribution in [0.2, 0.25) is 0 Å². The second-order valence-electron chi connectivity index (χ2n) is 4.35. The first kappa shape index (κ1) is 12.8. The summed E-state index contributed by atoms with van der Waals surface area (Å²) in [6.45, 7) is 3.80. The van der Waals surface area contributed by atoms with Crippen molar-refractivity contribution >= 4 is 0 Å². The van der Waals surface area contributed by atoms with Crippen LogP contribution < -0.4 is 11.2 Å². The maximum Gasteiger partial charge on any atom is 0.328 e. The molecule has 1 atom stereocenters. The largest absolute Gasteiger partial charge is 0.328 e. The van der Waals surface area contributed by atoms with E-state index >= 15 is 0 Å². The van der Waals surface area contributed by atoms with Gasteiger partial charge < -0.3 is 0 Å². The Morgan fingerprint density at radius 3 is 2.63 bits per heavy atom. The number of aromatic amines is 1. The van der Waals surface area contributed by atoms with E-state index in [4.69, 9.17) is 5.26 Å². The van der Waals surface area contributed by atoms with Crippen molar-refractivity contribution in [1.82, 2.24) is 9.55 Å². The Morgan fingerprint density at radius 1 is 1.32 bits per heavy atom. The van der Waals surface area contributed by atoms with Crippen LogP contribution in [0.3, 0.4) is 0 Å². The van der Waals surface area contributed by atoms with Crippen molar-refractivity contribution in [2.24, 2.45) is 0 Å². The number of hydrogen-bond acceptors (Lipinski definition) is 3. The minimum atomic E-state index is -0.652. The number of rotatable bonds is 2. The lowest BCUT2D eigenvalue weighted by atomic mass is 10.0. The number of H-pyrrole nitrogens is 1. The average molecular weight is 255 g/mol. The van der Waals surface area contributed by atoms with Gasteiger partial charge in [-0.1, -0.05) is 24.3 Å². The molecule has 0 aliphatic heterocycles. The van der Waals surface area contributed by atoms with Crippen LogP contribution in [-0.2, 0) is 0 Å². The van der Waals surface area contributed by atoms with Gasteiger partial charge in [-0.3, -0.25) is 14.3 Å². The molecule has 0 aliphatic rings. The standard InChI is InChI=1S/C14H13N3O2/c1-9-5-3-4-6-12(9)10(2)17-8-11(7-15)13(18)16-14(17)19/h3-6,8,10H,1-2H3,(H,16,18,19). The zero-order valence-corrected chi connectivity index (χ0v) is 10.7. The zero-order valence-electron chi connectivity index (χ0n) is 10.7. The van der Waals surface area contributed by atoms with Crippen molar-refractivity contribution in [1.29, 1.82) is 5.26 Å². The topological polar surface area (TPSA) is 78.7 Å². The smallest absolute Gasteiger partial charge is 0.292 e. The maximum atomic E-state index is 11.8. The molecule has 1 aromatic carbocycles. The number of hydrogen-bond donors (Lipinski definition) is 1. The molecule has 1 aromatic heterocycles. The molecular weight excluding hydrogens is 242 g/mol. The molecule has 0 radical (unpaired) electrons. The van der Waals surface area contributed by atoms with E-state index in [0.717, 1.165) is 11.1 Å². The molecule has 0 fully saturated rings. The second kappa shape index (κ2) is 4.94. The van der Waals surface area contributed by atoms with Crippen LogP contribution in [0.1, 0.15) is 29.7 Å². The summed E-state index contributed by atoms with van der Waals surface area (Å²) in [6, 6.07) is 9.21. The van der Waals surface area contributed by atoms with Crippen LogP contribution >= 0.6 is 0 Å².